The van der Waals surface area contributed by atoms with Crippen molar-refractivity contribution in [1.82, 2.24) is 0 Å². The summed E-state index contributed by atoms with van der Waals surface area (Å²) in [5, 5.41) is 8.69. The smallest absolute Gasteiger partial charge is 0.417 e. The summed E-state index contributed by atoms with van der Waals surface area (Å²) in [7, 11) is 0. The lowest BCUT2D eigenvalue weighted by molar-refractivity contribution is -0.138. The summed E-state index contributed by atoms with van der Waals surface area (Å²) < 4.78 is 49.0. The molecule has 1 aromatic carbocycles. The van der Waals surface area contributed by atoms with E-state index >= 15 is 0 Å². The molecule has 102 valence electrons. The Hall–Kier alpha value is -1.74. The van der Waals surface area contributed by atoms with Gasteiger partial charge < -0.3 is 9.47 Å². The molecule has 0 spiro atoms. The first kappa shape index (κ1) is 13.7. The van der Waals surface area contributed by atoms with Gasteiger partial charge in [0.25, 0.3) is 0 Å². The Bertz CT molecular complexity index is 488. The number of nitriles is 1. The Morgan fingerprint density at radius 3 is 2.53 bits per heavy atom. The van der Waals surface area contributed by atoms with Crippen LogP contribution in [0.3, 0.4) is 0 Å². The highest BCUT2D eigenvalue weighted by molar-refractivity contribution is 5.44. The molecule has 1 aliphatic heterocycles. The summed E-state index contributed by atoms with van der Waals surface area (Å²) in [6.45, 7) is 1.10. The molecule has 1 fully saturated rings. The number of ether oxygens (including phenoxy) is 2. The van der Waals surface area contributed by atoms with Crippen molar-refractivity contribution in [1.29, 1.82) is 5.26 Å². The van der Waals surface area contributed by atoms with Gasteiger partial charge in [-0.15, -0.1) is 0 Å². The zero-order valence-corrected chi connectivity index (χ0v) is 10.0. The second-order valence-electron chi connectivity index (χ2n) is 4.25. The SMILES string of the molecule is N#Cc1ccc(OC2CCOCC2)cc1C(F)(F)F. The van der Waals surface area contributed by atoms with Gasteiger partial charge in [0.2, 0.25) is 0 Å². The molecular formula is C13H12F3NO2. The summed E-state index contributed by atoms with van der Waals surface area (Å²) in [6, 6.07) is 4.95. The van der Waals surface area contributed by atoms with Crippen molar-refractivity contribution in [2.75, 3.05) is 13.2 Å². The van der Waals surface area contributed by atoms with Crippen LogP contribution < -0.4 is 4.74 Å². The zero-order valence-electron chi connectivity index (χ0n) is 10.0. The molecule has 0 radical (unpaired) electrons. The van der Waals surface area contributed by atoms with Crippen LogP contribution in [0.1, 0.15) is 24.0 Å². The first-order valence-electron chi connectivity index (χ1n) is 5.86. The summed E-state index contributed by atoms with van der Waals surface area (Å²) >= 11 is 0. The van der Waals surface area contributed by atoms with Crippen LogP contribution in [0.4, 0.5) is 13.2 Å². The van der Waals surface area contributed by atoms with E-state index in [2.05, 4.69) is 0 Å². The minimum atomic E-state index is -4.56. The Morgan fingerprint density at radius 2 is 1.95 bits per heavy atom. The molecule has 1 saturated heterocycles. The predicted molar refractivity (Wildman–Crippen MR) is 60.6 cm³/mol. The van der Waals surface area contributed by atoms with Crippen molar-refractivity contribution in [2.24, 2.45) is 0 Å². The fourth-order valence-corrected chi connectivity index (χ4v) is 1.91. The highest BCUT2D eigenvalue weighted by Gasteiger charge is 2.34. The number of hydrogen-bond acceptors (Lipinski definition) is 3. The maximum atomic E-state index is 12.8. The van der Waals surface area contributed by atoms with E-state index in [4.69, 9.17) is 14.7 Å². The van der Waals surface area contributed by atoms with Crippen molar-refractivity contribution in [3.8, 4) is 11.8 Å². The maximum absolute atomic E-state index is 12.8. The van der Waals surface area contributed by atoms with Crippen LogP contribution in [0.5, 0.6) is 5.75 Å². The molecule has 19 heavy (non-hydrogen) atoms. The Labute approximate surface area is 108 Å². The van der Waals surface area contributed by atoms with Crippen LogP contribution in [0.15, 0.2) is 18.2 Å². The van der Waals surface area contributed by atoms with Crippen LogP contribution >= 0.6 is 0 Å². The van der Waals surface area contributed by atoms with Gasteiger partial charge in [-0.3, -0.25) is 0 Å². The molecule has 2 rings (SSSR count). The molecule has 0 aromatic heterocycles. The molecule has 3 nitrogen and oxygen atoms in total. The molecule has 6 heteroatoms. The fraction of sp³-hybridized carbons (Fsp3) is 0.462. The minimum Gasteiger partial charge on any atom is -0.490 e. The molecule has 0 unspecified atom stereocenters. The van der Waals surface area contributed by atoms with E-state index in [9.17, 15) is 13.2 Å². The third-order valence-corrected chi connectivity index (χ3v) is 2.89. The third-order valence-electron chi connectivity index (χ3n) is 2.89. The van der Waals surface area contributed by atoms with Gasteiger partial charge in [0.05, 0.1) is 30.4 Å². The monoisotopic (exact) mass is 271 g/mol. The van der Waals surface area contributed by atoms with E-state index in [1.165, 1.54) is 12.1 Å². The van der Waals surface area contributed by atoms with E-state index in [1.54, 1.807) is 0 Å². The van der Waals surface area contributed by atoms with Crippen molar-refractivity contribution < 1.29 is 22.6 Å². The number of nitrogens with zero attached hydrogens (tertiary/aromatic N) is 1. The lowest BCUT2D eigenvalue weighted by Crippen LogP contribution is -2.26. The van der Waals surface area contributed by atoms with Crippen molar-refractivity contribution >= 4 is 0 Å². The van der Waals surface area contributed by atoms with Crippen LogP contribution in [0.2, 0.25) is 0 Å². The standard InChI is InChI=1S/C13H12F3NO2/c14-13(15,16)12-7-11(2-1-9(12)8-17)19-10-3-5-18-6-4-10/h1-2,7,10H,3-6H2. The van der Waals surface area contributed by atoms with Gasteiger partial charge in [0.1, 0.15) is 11.9 Å². The first-order chi connectivity index (χ1) is 9.00. The van der Waals surface area contributed by atoms with Gasteiger partial charge in [0.15, 0.2) is 0 Å². The van der Waals surface area contributed by atoms with Crippen LogP contribution in [0.25, 0.3) is 0 Å². The molecule has 0 amide bonds. The minimum absolute atomic E-state index is 0.136. The summed E-state index contributed by atoms with van der Waals surface area (Å²) in [6.07, 6.45) is -3.38. The highest BCUT2D eigenvalue weighted by atomic mass is 19.4. The van der Waals surface area contributed by atoms with Gasteiger partial charge in [-0.1, -0.05) is 0 Å². The maximum Gasteiger partial charge on any atom is 0.417 e. The van der Waals surface area contributed by atoms with Crippen LogP contribution in [-0.4, -0.2) is 19.3 Å². The quantitative estimate of drug-likeness (QED) is 0.829. The molecule has 0 saturated carbocycles. The average molecular weight is 271 g/mol. The van der Waals surface area contributed by atoms with Crippen molar-refractivity contribution in [3.05, 3.63) is 29.3 Å². The summed E-state index contributed by atoms with van der Waals surface area (Å²) in [5.74, 6) is 0.137. The first-order valence-corrected chi connectivity index (χ1v) is 5.86. The van der Waals surface area contributed by atoms with Gasteiger partial charge in [-0.05, 0) is 18.2 Å². The third kappa shape index (κ3) is 3.38. The topological polar surface area (TPSA) is 42.2 Å². The lowest BCUT2D eigenvalue weighted by Gasteiger charge is -2.23. The Balaban J connectivity index is 2.20. The molecule has 1 aliphatic rings. The van der Waals surface area contributed by atoms with E-state index in [1.807, 2.05) is 0 Å². The number of hydrogen-bond donors (Lipinski definition) is 0. The van der Waals surface area contributed by atoms with E-state index < -0.39 is 17.3 Å². The number of alkyl halides is 3. The Kier molecular flexibility index (Phi) is 3.96. The molecular weight excluding hydrogens is 259 g/mol. The highest BCUT2D eigenvalue weighted by Crippen LogP contribution is 2.34. The number of benzene rings is 1. The predicted octanol–water partition coefficient (Wildman–Crippen LogP) is 3.13. The molecule has 1 aromatic rings. The molecule has 0 N–H and O–H groups in total. The van der Waals surface area contributed by atoms with Crippen LogP contribution in [-0.2, 0) is 10.9 Å². The van der Waals surface area contributed by atoms with Gasteiger partial charge in [0, 0.05) is 12.8 Å². The summed E-state index contributed by atoms with van der Waals surface area (Å²) in [4.78, 5) is 0. The van der Waals surface area contributed by atoms with Crippen molar-refractivity contribution in [3.63, 3.8) is 0 Å². The molecule has 0 bridgehead atoms. The fourth-order valence-electron chi connectivity index (χ4n) is 1.91. The molecule has 1 heterocycles. The molecule has 0 atom stereocenters. The van der Waals surface area contributed by atoms with Crippen molar-refractivity contribution in [2.45, 2.75) is 25.1 Å². The second kappa shape index (κ2) is 5.49. The van der Waals surface area contributed by atoms with Gasteiger partial charge in [-0.2, -0.15) is 18.4 Å². The van der Waals surface area contributed by atoms with Gasteiger partial charge in [-0.25, -0.2) is 0 Å². The van der Waals surface area contributed by atoms with E-state index in [-0.39, 0.29) is 11.9 Å². The second-order valence-corrected chi connectivity index (χ2v) is 4.25. The van der Waals surface area contributed by atoms with Gasteiger partial charge >= 0.3 is 6.18 Å². The zero-order chi connectivity index (χ0) is 13.9. The Morgan fingerprint density at radius 1 is 1.26 bits per heavy atom. The van der Waals surface area contributed by atoms with E-state index in [0.29, 0.717) is 26.1 Å². The largest absolute Gasteiger partial charge is 0.490 e. The number of halogens is 3. The average Bonchev–Trinajstić information content (AvgIpc) is 2.39. The summed E-state index contributed by atoms with van der Waals surface area (Å²) in [5.41, 5.74) is -1.36. The normalized spacial score (nSPS) is 16.9. The van der Waals surface area contributed by atoms with Crippen LogP contribution in [0, 0.1) is 11.3 Å². The molecule has 0 aliphatic carbocycles. The number of rotatable bonds is 2. The van der Waals surface area contributed by atoms with E-state index in [0.717, 1.165) is 12.1 Å². The lowest BCUT2D eigenvalue weighted by atomic mass is 10.1.